The molecule has 0 fully saturated rings. The van der Waals surface area contributed by atoms with Crippen LogP contribution in [0, 0.1) is 6.92 Å². The number of hydrogen-bond donors (Lipinski definition) is 0. The molecule has 150 valence electrons. The molecule has 2 aromatic carbocycles. The zero-order valence-electron chi connectivity index (χ0n) is 17.6. The smallest absolute Gasteiger partial charge is 0.339 e. The Morgan fingerprint density at radius 3 is 2.25 bits per heavy atom. The molecule has 0 heterocycles. The van der Waals surface area contributed by atoms with Crippen molar-refractivity contribution in [2.45, 2.75) is 75.0 Å². The minimum Gasteiger partial charge on any atom is -0.462 e. The van der Waals surface area contributed by atoms with Crippen LogP contribution in [-0.4, -0.2) is 12.6 Å². The van der Waals surface area contributed by atoms with Crippen LogP contribution in [-0.2, 0) is 15.6 Å². The largest absolute Gasteiger partial charge is 0.462 e. The quantitative estimate of drug-likeness (QED) is 0.488. The normalized spacial score (nSPS) is 17.1. The molecule has 2 aromatic rings. The number of fused-ring (bicyclic) bond motifs is 1. The standard InChI is InChI=1S/C24H29ClO2S/c1-7-27-22(26)17-9-8-16(13-20(17)25)28-21-14-19-18(12-15(21)2)23(3,4)10-11-24(19,5)6/h8-9,12-14H,7,10-11H2,1-6H3. The Morgan fingerprint density at radius 2 is 1.68 bits per heavy atom. The van der Waals surface area contributed by atoms with E-state index in [0.29, 0.717) is 17.2 Å². The van der Waals surface area contributed by atoms with Crippen molar-refractivity contribution in [3.05, 3.63) is 57.6 Å². The van der Waals surface area contributed by atoms with Gasteiger partial charge < -0.3 is 4.74 Å². The van der Waals surface area contributed by atoms with E-state index in [-0.39, 0.29) is 16.8 Å². The zero-order chi connectivity index (χ0) is 20.7. The lowest BCUT2D eigenvalue weighted by Gasteiger charge is -2.42. The van der Waals surface area contributed by atoms with Gasteiger partial charge in [0.15, 0.2) is 0 Å². The predicted octanol–water partition coefficient (Wildman–Crippen LogP) is 7.33. The summed E-state index contributed by atoms with van der Waals surface area (Å²) in [6.45, 7) is 13.7. The summed E-state index contributed by atoms with van der Waals surface area (Å²) in [5, 5.41) is 0.431. The highest BCUT2D eigenvalue weighted by molar-refractivity contribution is 7.99. The van der Waals surface area contributed by atoms with E-state index >= 15 is 0 Å². The third kappa shape index (κ3) is 4.11. The van der Waals surface area contributed by atoms with Crippen LogP contribution >= 0.6 is 23.4 Å². The predicted molar refractivity (Wildman–Crippen MR) is 118 cm³/mol. The SMILES string of the molecule is CCOC(=O)c1ccc(Sc2cc3c(cc2C)C(C)(C)CCC3(C)C)cc1Cl. The molecule has 1 aliphatic rings. The monoisotopic (exact) mass is 416 g/mol. The molecule has 1 aliphatic carbocycles. The van der Waals surface area contributed by atoms with Gasteiger partial charge in [0.2, 0.25) is 0 Å². The maximum Gasteiger partial charge on any atom is 0.339 e. The molecule has 0 bridgehead atoms. The van der Waals surface area contributed by atoms with Crippen molar-refractivity contribution in [1.82, 2.24) is 0 Å². The molecule has 4 heteroatoms. The molecule has 2 nitrogen and oxygen atoms in total. The minimum atomic E-state index is -0.377. The summed E-state index contributed by atoms with van der Waals surface area (Å²) in [7, 11) is 0. The van der Waals surface area contributed by atoms with Gasteiger partial charge in [-0.3, -0.25) is 0 Å². The number of benzene rings is 2. The van der Waals surface area contributed by atoms with Gasteiger partial charge in [-0.2, -0.15) is 0 Å². The number of carbonyl (C=O) groups excluding carboxylic acids is 1. The molecule has 0 spiro atoms. The Morgan fingerprint density at radius 1 is 1.07 bits per heavy atom. The summed E-state index contributed by atoms with van der Waals surface area (Å²) in [5.41, 5.74) is 5.01. The summed E-state index contributed by atoms with van der Waals surface area (Å²) in [4.78, 5) is 14.2. The maximum absolute atomic E-state index is 12.0. The van der Waals surface area contributed by atoms with E-state index in [2.05, 4.69) is 46.8 Å². The number of aryl methyl sites for hydroxylation is 1. The molecule has 0 amide bonds. The van der Waals surface area contributed by atoms with E-state index in [4.69, 9.17) is 16.3 Å². The topological polar surface area (TPSA) is 26.3 Å². The van der Waals surface area contributed by atoms with Crippen molar-refractivity contribution in [3.63, 3.8) is 0 Å². The molecule has 0 saturated heterocycles. The molecule has 0 radical (unpaired) electrons. The highest BCUT2D eigenvalue weighted by atomic mass is 35.5. The summed E-state index contributed by atoms with van der Waals surface area (Å²) >= 11 is 8.05. The first-order chi connectivity index (χ1) is 13.0. The van der Waals surface area contributed by atoms with Gasteiger partial charge >= 0.3 is 5.97 Å². The van der Waals surface area contributed by atoms with E-state index in [1.165, 1.54) is 34.4 Å². The number of carbonyl (C=O) groups is 1. The maximum atomic E-state index is 12.0. The number of halogens is 1. The van der Waals surface area contributed by atoms with E-state index in [0.717, 1.165) is 4.90 Å². The second-order valence-corrected chi connectivity index (χ2v) is 10.4. The Hall–Kier alpha value is -1.45. The average Bonchev–Trinajstić information content (AvgIpc) is 2.60. The van der Waals surface area contributed by atoms with Crippen LogP contribution in [0.25, 0.3) is 0 Å². The molecule has 0 N–H and O–H groups in total. The molecule has 0 aromatic heterocycles. The average molecular weight is 417 g/mol. The second-order valence-electron chi connectivity index (χ2n) is 8.90. The lowest BCUT2D eigenvalue weighted by molar-refractivity contribution is 0.0526. The van der Waals surface area contributed by atoms with E-state index in [1.54, 1.807) is 24.8 Å². The summed E-state index contributed by atoms with van der Waals surface area (Å²) < 4.78 is 5.06. The fourth-order valence-corrected chi connectivity index (χ4v) is 5.16. The molecular weight excluding hydrogens is 388 g/mol. The van der Waals surface area contributed by atoms with Crippen molar-refractivity contribution < 1.29 is 9.53 Å². The number of ether oxygens (including phenoxy) is 1. The van der Waals surface area contributed by atoms with Crippen LogP contribution in [0.15, 0.2) is 40.1 Å². The molecule has 28 heavy (non-hydrogen) atoms. The summed E-state index contributed by atoms with van der Waals surface area (Å²) in [6, 6.07) is 10.3. The van der Waals surface area contributed by atoms with Crippen LogP contribution in [0.3, 0.4) is 0 Å². The van der Waals surface area contributed by atoms with Crippen LogP contribution in [0.2, 0.25) is 5.02 Å². The van der Waals surface area contributed by atoms with Crippen molar-refractivity contribution in [2.24, 2.45) is 0 Å². The van der Waals surface area contributed by atoms with Crippen molar-refractivity contribution in [1.29, 1.82) is 0 Å². The van der Waals surface area contributed by atoms with Gasteiger partial charge in [-0.1, -0.05) is 57.1 Å². The number of esters is 1. The zero-order valence-corrected chi connectivity index (χ0v) is 19.2. The van der Waals surface area contributed by atoms with Gasteiger partial charge in [-0.05, 0) is 78.5 Å². The molecule has 0 saturated carbocycles. The van der Waals surface area contributed by atoms with Crippen molar-refractivity contribution >= 4 is 29.3 Å². The third-order valence-electron chi connectivity index (χ3n) is 5.81. The van der Waals surface area contributed by atoms with Gasteiger partial charge in [0.05, 0.1) is 17.2 Å². The van der Waals surface area contributed by atoms with Gasteiger partial charge in [-0.25, -0.2) is 4.79 Å². The van der Waals surface area contributed by atoms with E-state index < -0.39 is 0 Å². The Balaban J connectivity index is 1.96. The summed E-state index contributed by atoms with van der Waals surface area (Å²) in [6.07, 6.45) is 2.41. The summed E-state index contributed by atoms with van der Waals surface area (Å²) in [5.74, 6) is -0.377. The first kappa shape index (κ1) is 21.3. The van der Waals surface area contributed by atoms with Gasteiger partial charge in [0.1, 0.15) is 0 Å². The van der Waals surface area contributed by atoms with E-state index in [1.807, 2.05) is 12.1 Å². The highest BCUT2D eigenvalue weighted by Gasteiger charge is 2.37. The Kier molecular flexibility index (Phi) is 5.89. The van der Waals surface area contributed by atoms with Crippen LogP contribution < -0.4 is 0 Å². The van der Waals surface area contributed by atoms with Crippen molar-refractivity contribution in [3.8, 4) is 0 Å². The molecule has 3 rings (SSSR count). The Bertz CT molecular complexity index is 915. The molecule has 0 aliphatic heterocycles. The van der Waals surface area contributed by atoms with Crippen LogP contribution in [0.1, 0.15) is 74.5 Å². The number of rotatable bonds is 4. The molecule has 0 atom stereocenters. The fourth-order valence-electron chi connectivity index (χ4n) is 3.87. The first-order valence-corrected chi connectivity index (χ1v) is 11.0. The molecular formula is C24H29ClO2S. The third-order valence-corrected chi connectivity index (χ3v) is 7.27. The van der Waals surface area contributed by atoms with E-state index in [9.17, 15) is 4.79 Å². The highest BCUT2D eigenvalue weighted by Crippen LogP contribution is 2.48. The minimum absolute atomic E-state index is 0.180. The van der Waals surface area contributed by atoms with Gasteiger partial charge in [0.25, 0.3) is 0 Å². The Labute approximate surface area is 178 Å². The van der Waals surface area contributed by atoms with Gasteiger partial charge in [-0.15, -0.1) is 0 Å². The van der Waals surface area contributed by atoms with Crippen molar-refractivity contribution in [2.75, 3.05) is 6.61 Å². The molecule has 0 unspecified atom stereocenters. The van der Waals surface area contributed by atoms with Gasteiger partial charge in [0, 0.05) is 9.79 Å². The lowest BCUT2D eigenvalue weighted by Crippen LogP contribution is -2.34. The van der Waals surface area contributed by atoms with Crippen LogP contribution in [0.4, 0.5) is 0 Å². The fraction of sp³-hybridized carbons (Fsp3) is 0.458. The lowest BCUT2D eigenvalue weighted by atomic mass is 9.63. The second kappa shape index (κ2) is 7.76. The first-order valence-electron chi connectivity index (χ1n) is 9.85. The number of hydrogen-bond acceptors (Lipinski definition) is 3. The van der Waals surface area contributed by atoms with Crippen LogP contribution in [0.5, 0.6) is 0 Å².